The quantitative estimate of drug-likeness (QED) is 0.459. The van der Waals surface area contributed by atoms with E-state index in [1.54, 1.807) is 0 Å². The summed E-state index contributed by atoms with van der Waals surface area (Å²) < 4.78 is 0. The van der Waals surface area contributed by atoms with E-state index in [4.69, 9.17) is 0 Å². The standard InChI is InChI=1S/C22H19N/c1-15-9-3-5-11-17(15)21-19-13-7-8-14-20(19)23-22(21)18-12-6-4-10-16(18)2/h3-14,23H,1-2H3. The van der Waals surface area contributed by atoms with Gasteiger partial charge in [0.2, 0.25) is 0 Å². The largest absolute Gasteiger partial charge is 0.354 e. The molecule has 23 heavy (non-hydrogen) atoms. The fourth-order valence-electron chi connectivity index (χ4n) is 3.33. The van der Waals surface area contributed by atoms with Gasteiger partial charge in [-0.2, -0.15) is 0 Å². The van der Waals surface area contributed by atoms with E-state index in [0.717, 1.165) is 0 Å². The number of para-hydroxylation sites is 1. The number of rotatable bonds is 2. The normalized spacial score (nSPS) is 11.0. The van der Waals surface area contributed by atoms with Crippen molar-refractivity contribution in [3.63, 3.8) is 0 Å². The van der Waals surface area contributed by atoms with Crippen molar-refractivity contribution >= 4 is 10.9 Å². The van der Waals surface area contributed by atoms with Crippen LogP contribution in [-0.2, 0) is 0 Å². The zero-order valence-corrected chi connectivity index (χ0v) is 13.4. The number of benzene rings is 3. The number of nitrogens with one attached hydrogen (secondary N) is 1. The molecule has 1 nitrogen and oxygen atoms in total. The molecule has 0 radical (unpaired) electrons. The molecular formula is C22H19N. The molecule has 112 valence electrons. The molecule has 0 amide bonds. The Bertz CT molecular complexity index is 992. The van der Waals surface area contributed by atoms with Crippen molar-refractivity contribution in [2.75, 3.05) is 0 Å². The average molecular weight is 297 g/mol. The summed E-state index contributed by atoms with van der Waals surface area (Å²) in [4.78, 5) is 3.65. The van der Waals surface area contributed by atoms with E-state index in [1.807, 2.05) is 0 Å². The molecule has 1 aromatic heterocycles. The van der Waals surface area contributed by atoms with Gasteiger partial charge in [0.05, 0.1) is 5.69 Å². The lowest BCUT2D eigenvalue weighted by atomic mass is 9.94. The number of H-pyrrole nitrogens is 1. The molecule has 0 aliphatic heterocycles. The van der Waals surface area contributed by atoms with Gasteiger partial charge in [-0.1, -0.05) is 66.7 Å². The fourth-order valence-corrected chi connectivity index (χ4v) is 3.33. The second-order valence-electron chi connectivity index (χ2n) is 6.05. The molecule has 4 rings (SSSR count). The molecule has 3 aromatic carbocycles. The Morgan fingerprint density at radius 2 is 1.17 bits per heavy atom. The SMILES string of the molecule is Cc1ccccc1-c1[nH]c2ccccc2c1-c1ccccc1C. The molecule has 0 unspecified atom stereocenters. The van der Waals surface area contributed by atoms with Crippen molar-refractivity contribution in [1.82, 2.24) is 4.98 Å². The van der Waals surface area contributed by atoms with E-state index in [1.165, 1.54) is 44.4 Å². The number of aromatic nitrogens is 1. The van der Waals surface area contributed by atoms with Crippen molar-refractivity contribution in [3.05, 3.63) is 83.9 Å². The van der Waals surface area contributed by atoms with Crippen LogP contribution in [0.25, 0.3) is 33.3 Å². The van der Waals surface area contributed by atoms with Gasteiger partial charge in [-0.25, -0.2) is 0 Å². The lowest BCUT2D eigenvalue weighted by molar-refractivity contribution is 1.39. The molecular weight excluding hydrogens is 278 g/mol. The van der Waals surface area contributed by atoms with Gasteiger partial charge in [0.15, 0.2) is 0 Å². The summed E-state index contributed by atoms with van der Waals surface area (Å²) in [6, 6.07) is 25.7. The Morgan fingerprint density at radius 1 is 0.609 bits per heavy atom. The minimum Gasteiger partial charge on any atom is -0.354 e. The Kier molecular flexibility index (Phi) is 3.27. The second kappa shape index (κ2) is 5.44. The van der Waals surface area contributed by atoms with Crippen LogP contribution in [0.2, 0.25) is 0 Å². The smallest absolute Gasteiger partial charge is 0.0547 e. The van der Waals surface area contributed by atoms with Crippen LogP contribution in [-0.4, -0.2) is 4.98 Å². The summed E-state index contributed by atoms with van der Waals surface area (Å²) in [5.74, 6) is 0. The summed E-state index contributed by atoms with van der Waals surface area (Å²) in [6.07, 6.45) is 0. The van der Waals surface area contributed by atoms with Crippen LogP contribution in [0, 0.1) is 13.8 Å². The van der Waals surface area contributed by atoms with Gasteiger partial charge in [0.25, 0.3) is 0 Å². The first-order chi connectivity index (χ1) is 11.3. The fraction of sp³-hybridized carbons (Fsp3) is 0.0909. The van der Waals surface area contributed by atoms with E-state index in [2.05, 4.69) is 91.6 Å². The first-order valence-electron chi connectivity index (χ1n) is 7.98. The van der Waals surface area contributed by atoms with Crippen LogP contribution in [0.15, 0.2) is 72.8 Å². The monoisotopic (exact) mass is 297 g/mol. The van der Waals surface area contributed by atoms with Crippen LogP contribution < -0.4 is 0 Å². The summed E-state index contributed by atoms with van der Waals surface area (Å²) in [6.45, 7) is 4.35. The zero-order chi connectivity index (χ0) is 15.8. The highest BCUT2D eigenvalue weighted by Gasteiger charge is 2.16. The van der Waals surface area contributed by atoms with Crippen molar-refractivity contribution in [2.24, 2.45) is 0 Å². The predicted molar refractivity (Wildman–Crippen MR) is 98.6 cm³/mol. The first-order valence-corrected chi connectivity index (χ1v) is 7.98. The van der Waals surface area contributed by atoms with E-state index in [0.29, 0.717) is 0 Å². The molecule has 0 saturated carbocycles. The van der Waals surface area contributed by atoms with E-state index < -0.39 is 0 Å². The molecule has 0 aliphatic rings. The van der Waals surface area contributed by atoms with Gasteiger partial charge in [0, 0.05) is 22.0 Å². The zero-order valence-electron chi connectivity index (χ0n) is 13.4. The van der Waals surface area contributed by atoms with Gasteiger partial charge in [0.1, 0.15) is 0 Å². The summed E-state index contributed by atoms with van der Waals surface area (Å²) in [5, 5.41) is 1.28. The van der Waals surface area contributed by atoms with Crippen LogP contribution >= 0.6 is 0 Å². The molecule has 1 heterocycles. The first kappa shape index (κ1) is 13.8. The van der Waals surface area contributed by atoms with Crippen LogP contribution in [0.1, 0.15) is 11.1 Å². The highest BCUT2D eigenvalue weighted by molar-refractivity contribution is 6.04. The lowest BCUT2D eigenvalue weighted by Crippen LogP contribution is -1.88. The third-order valence-electron chi connectivity index (χ3n) is 4.53. The number of hydrogen-bond donors (Lipinski definition) is 1. The second-order valence-corrected chi connectivity index (χ2v) is 6.05. The summed E-state index contributed by atoms with van der Waals surface area (Å²) in [5.41, 5.74) is 8.83. The highest BCUT2D eigenvalue weighted by Crippen LogP contribution is 2.40. The van der Waals surface area contributed by atoms with Crippen molar-refractivity contribution in [3.8, 4) is 22.4 Å². The van der Waals surface area contributed by atoms with Crippen LogP contribution in [0.4, 0.5) is 0 Å². The number of aryl methyl sites for hydroxylation is 2. The van der Waals surface area contributed by atoms with Gasteiger partial charge in [-0.15, -0.1) is 0 Å². The topological polar surface area (TPSA) is 15.8 Å². The molecule has 1 heteroatoms. The molecule has 0 fully saturated rings. The molecule has 0 bridgehead atoms. The number of aromatic amines is 1. The molecule has 1 N–H and O–H groups in total. The molecule has 0 atom stereocenters. The Labute approximate surface area is 136 Å². The molecule has 4 aromatic rings. The van der Waals surface area contributed by atoms with Gasteiger partial charge in [-0.05, 0) is 36.6 Å². The van der Waals surface area contributed by atoms with Crippen LogP contribution in [0.3, 0.4) is 0 Å². The Hall–Kier alpha value is -2.80. The van der Waals surface area contributed by atoms with Crippen molar-refractivity contribution < 1.29 is 0 Å². The molecule has 0 aliphatic carbocycles. The molecule has 0 spiro atoms. The van der Waals surface area contributed by atoms with Crippen LogP contribution in [0.5, 0.6) is 0 Å². The van der Waals surface area contributed by atoms with E-state index in [-0.39, 0.29) is 0 Å². The number of hydrogen-bond acceptors (Lipinski definition) is 0. The predicted octanol–water partition coefficient (Wildman–Crippen LogP) is 6.12. The van der Waals surface area contributed by atoms with Gasteiger partial charge < -0.3 is 4.98 Å². The van der Waals surface area contributed by atoms with Crippen molar-refractivity contribution in [2.45, 2.75) is 13.8 Å². The summed E-state index contributed by atoms with van der Waals surface area (Å²) >= 11 is 0. The highest BCUT2D eigenvalue weighted by atomic mass is 14.7. The Balaban J connectivity index is 2.12. The lowest BCUT2D eigenvalue weighted by Gasteiger charge is -2.10. The minimum absolute atomic E-state index is 1.18. The van der Waals surface area contributed by atoms with Crippen molar-refractivity contribution in [1.29, 1.82) is 0 Å². The maximum atomic E-state index is 3.65. The maximum absolute atomic E-state index is 3.65. The Morgan fingerprint density at radius 3 is 1.87 bits per heavy atom. The third-order valence-corrected chi connectivity index (χ3v) is 4.53. The number of fused-ring (bicyclic) bond motifs is 1. The maximum Gasteiger partial charge on any atom is 0.0547 e. The summed E-state index contributed by atoms with van der Waals surface area (Å²) in [7, 11) is 0. The minimum atomic E-state index is 1.18. The average Bonchev–Trinajstić information content (AvgIpc) is 2.95. The van der Waals surface area contributed by atoms with E-state index in [9.17, 15) is 0 Å². The van der Waals surface area contributed by atoms with E-state index >= 15 is 0 Å². The molecule has 0 saturated heterocycles. The van der Waals surface area contributed by atoms with Gasteiger partial charge >= 0.3 is 0 Å². The van der Waals surface area contributed by atoms with Gasteiger partial charge in [-0.3, -0.25) is 0 Å². The third kappa shape index (κ3) is 2.25.